The summed E-state index contributed by atoms with van der Waals surface area (Å²) < 4.78 is 24.9. The quantitative estimate of drug-likeness (QED) is 0.921. The van der Waals surface area contributed by atoms with Gasteiger partial charge in [-0.1, -0.05) is 18.2 Å². The number of aryl methyl sites for hydroxylation is 1. The first-order valence-corrected chi connectivity index (χ1v) is 7.06. The Balaban J connectivity index is 1.92. The highest BCUT2D eigenvalue weighted by Crippen LogP contribution is 2.33. The highest BCUT2D eigenvalue weighted by Gasteiger charge is 2.15. The smallest absolute Gasteiger partial charge is 0.161 e. The van der Waals surface area contributed by atoms with E-state index in [0.29, 0.717) is 24.5 Å². The Hall–Kier alpha value is -2.07. The zero-order chi connectivity index (χ0) is 14.8. The first-order chi connectivity index (χ1) is 10.1. The maximum atomic E-state index is 13.7. The van der Waals surface area contributed by atoms with Gasteiger partial charge in [0.25, 0.3) is 0 Å². The van der Waals surface area contributed by atoms with Gasteiger partial charge in [0.15, 0.2) is 11.5 Å². The standard InChI is InChI=1S/C17H18FNO2/c1-11-3-4-12(9-14(11)18)17(19)13-5-6-15-16(10-13)21-8-2-7-20-15/h3-6,9-10,17H,2,7-8,19H2,1H3. The molecule has 0 aromatic heterocycles. The van der Waals surface area contributed by atoms with Gasteiger partial charge in [-0.25, -0.2) is 4.39 Å². The maximum Gasteiger partial charge on any atom is 0.161 e. The van der Waals surface area contributed by atoms with E-state index in [2.05, 4.69) is 0 Å². The maximum absolute atomic E-state index is 13.7. The molecule has 0 saturated carbocycles. The van der Waals surface area contributed by atoms with Crippen LogP contribution in [0.2, 0.25) is 0 Å². The molecule has 1 atom stereocenters. The summed E-state index contributed by atoms with van der Waals surface area (Å²) in [6.45, 7) is 3.02. The van der Waals surface area contributed by atoms with Crippen molar-refractivity contribution in [2.75, 3.05) is 13.2 Å². The molecule has 0 aliphatic carbocycles. The van der Waals surface area contributed by atoms with Crippen molar-refractivity contribution in [3.63, 3.8) is 0 Å². The van der Waals surface area contributed by atoms with Gasteiger partial charge < -0.3 is 15.2 Å². The number of benzene rings is 2. The summed E-state index contributed by atoms with van der Waals surface area (Å²) in [7, 11) is 0. The average Bonchev–Trinajstić information content (AvgIpc) is 2.73. The van der Waals surface area contributed by atoms with E-state index in [1.165, 1.54) is 6.07 Å². The second-order valence-corrected chi connectivity index (χ2v) is 5.24. The van der Waals surface area contributed by atoms with Crippen LogP contribution in [0, 0.1) is 12.7 Å². The van der Waals surface area contributed by atoms with Crippen LogP contribution >= 0.6 is 0 Å². The summed E-state index contributed by atoms with van der Waals surface area (Å²) in [5.74, 6) is 1.20. The number of rotatable bonds is 2. The predicted molar refractivity (Wildman–Crippen MR) is 79.2 cm³/mol. The second-order valence-electron chi connectivity index (χ2n) is 5.24. The molecule has 3 nitrogen and oxygen atoms in total. The van der Waals surface area contributed by atoms with E-state index in [4.69, 9.17) is 15.2 Å². The van der Waals surface area contributed by atoms with E-state index in [-0.39, 0.29) is 5.82 Å². The molecule has 21 heavy (non-hydrogen) atoms. The normalized spacial score (nSPS) is 15.4. The van der Waals surface area contributed by atoms with E-state index in [0.717, 1.165) is 23.3 Å². The molecular weight excluding hydrogens is 269 g/mol. The van der Waals surface area contributed by atoms with Crippen molar-refractivity contribution >= 4 is 0 Å². The fraction of sp³-hybridized carbons (Fsp3) is 0.294. The number of hydrogen-bond acceptors (Lipinski definition) is 3. The minimum Gasteiger partial charge on any atom is -0.490 e. The molecule has 3 rings (SSSR count). The molecule has 0 spiro atoms. The third-order valence-electron chi connectivity index (χ3n) is 3.69. The molecule has 2 aromatic carbocycles. The third kappa shape index (κ3) is 2.85. The highest BCUT2D eigenvalue weighted by molar-refractivity contribution is 5.46. The SMILES string of the molecule is Cc1ccc(C(N)c2ccc3c(c2)OCCCO3)cc1F. The van der Waals surface area contributed by atoms with Crippen LogP contribution < -0.4 is 15.2 Å². The van der Waals surface area contributed by atoms with Crippen LogP contribution in [-0.2, 0) is 0 Å². The van der Waals surface area contributed by atoms with Gasteiger partial charge in [-0.05, 0) is 41.8 Å². The minimum absolute atomic E-state index is 0.239. The van der Waals surface area contributed by atoms with Gasteiger partial charge in [-0.15, -0.1) is 0 Å². The van der Waals surface area contributed by atoms with Gasteiger partial charge in [0.1, 0.15) is 5.82 Å². The number of nitrogens with two attached hydrogens (primary N) is 1. The molecule has 110 valence electrons. The van der Waals surface area contributed by atoms with Crippen LogP contribution in [0.1, 0.15) is 29.2 Å². The van der Waals surface area contributed by atoms with Crippen molar-refractivity contribution < 1.29 is 13.9 Å². The van der Waals surface area contributed by atoms with Gasteiger partial charge in [-0.2, -0.15) is 0 Å². The molecule has 0 bridgehead atoms. The Morgan fingerprint density at radius 2 is 1.67 bits per heavy atom. The van der Waals surface area contributed by atoms with Crippen molar-refractivity contribution in [3.8, 4) is 11.5 Å². The van der Waals surface area contributed by atoms with E-state index in [1.807, 2.05) is 24.3 Å². The number of halogens is 1. The lowest BCUT2D eigenvalue weighted by molar-refractivity contribution is 0.297. The molecule has 0 fully saturated rings. The Kier molecular flexibility index (Phi) is 3.80. The summed E-state index contributed by atoms with van der Waals surface area (Å²) in [6.07, 6.45) is 0.860. The lowest BCUT2D eigenvalue weighted by Gasteiger charge is -2.15. The van der Waals surface area contributed by atoms with E-state index in [9.17, 15) is 4.39 Å². The summed E-state index contributed by atoms with van der Waals surface area (Å²) >= 11 is 0. The number of fused-ring (bicyclic) bond motifs is 1. The minimum atomic E-state index is -0.391. The monoisotopic (exact) mass is 287 g/mol. The molecule has 1 aliphatic heterocycles. The Morgan fingerprint density at radius 1 is 1.00 bits per heavy atom. The van der Waals surface area contributed by atoms with Crippen LogP contribution in [0.5, 0.6) is 11.5 Å². The van der Waals surface area contributed by atoms with Crippen molar-refractivity contribution in [2.45, 2.75) is 19.4 Å². The predicted octanol–water partition coefficient (Wildman–Crippen LogP) is 3.34. The fourth-order valence-corrected chi connectivity index (χ4v) is 2.37. The molecule has 0 saturated heterocycles. The zero-order valence-electron chi connectivity index (χ0n) is 11.9. The van der Waals surface area contributed by atoms with Crippen LogP contribution in [0.15, 0.2) is 36.4 Å². The Labute approximate surface area is 123 Å². The lowest BCUT2D eigenvalue weighted by atomic mass is 9.98. The second kappa shape index (κ2) is 5.74. The molecule has 1 heterocycles. The van der Waals surface area contributed by atoms with Gasteiger partial charge in [-0.3, -0.25) is 0 Å². The summed E-state index contributed by atoms with van der Waals surface area (Å²) in [6, 6.07) is 10.3. The lowest BCUT2D eigenvalue weighted by Crippen LogP contribution is -2.12. The van der Waals surface area contributed by atoms with Crippen molar-refractivity contribution in [1.29, 1.82) is 0 Å². The van der Waals surface area contributed by atoms with Gasteiger partial charge in [0, 0.05) is 6.42 Å². The largest absolute Gasteiger partial charge is 0.490 e. The first kappa shape index (κ1) is 13.9. The van der Waals surface area contributed by atoms with Gasteiger partial charge in [0.2, 0.25) is 0 Å². The van der Waals surface area contributed by atoms with Crippen molar-refractivity contribution in [1.82, 2.24) is 0 Å². The van der Waals surface area contributed by atoms with Gasteiger partial charge in [0.05, 0.1) is 19.3 Å². The average molecular weight is 287 g/mol. The topological polar surface area (TPSA) is 44.5 Å². The summed E-state index contributed by atoms with van der Waals surface area (Å²) in [4.78, 5) is 0. The van der Waals surface area contributed by atoms with Crippen LogP contribution in [0.3, 0.4) is 0 Å². The molecule has 0 amide bonds. The van der Waals surface area contributed by atoms with Crippen LogP contribution in [0.4, 0.5) is 4.39 Å². The third-order valence-corrected chi connectivity index (χ3v) is 3.69. The molecule has 2 N–H and O–H groups in total. The molecule has 2 aromatic rings. The van der Waals surface area contributed by atoms with Gasteiger partial charge >= 0.3 is 0 Å². The van der Waals surface area contributed by atoms with Crippen molar-refractivity contribution in [2.24, 2.45) is 5.73 Å². The number of ether oxygens (including phenoxy) is 2. The fourth-order valence-electron chi connectivity index (χ4n) is 2.37. The summed E-state index contributed by atoms with van der Waals surface area (Å²) in [5.41, 5.74) is 8.48. The number of hydrogen-bond donors (Lipinski definition) is 1. The van der Waals surface area contributed by atoms with Crippen LogP contribution in [-0.4, -0.2) is 13.2 Å². The van der Waals surface area contributed by atoms with Crippen LogP contribution in [0.25, 0.3) is 0 Å². The zero-order valence-corrected chi connectivity index (χ0v) is 11.9. The highest BCUT2D eigenvalue weighted by atomic mass is 19.1. The summed E-state index contributed by atoms with van der Waals surface area (Å²) in [5, 5.41) is 0. The molecule has 0 radical (unpaired) electrons. The molecular formula is C17H18FNO2. The molecule has 1 aliphatic rings. The Bertz CT molecular complexity index is 657. The van der Waals surface area contributed by atoms with Crippen molar-refractivity contribution in [3.05, 3.63) is 58.9 Å². The van der Waals surface area contributed by atoms with E-state index in [1.54, 1.807) is 13.0 Å². The van der Waals surface area contributed by atoms with E-state index < -0.39 is 6.04 Å². The molecule has 4 heteroatoms. The first-order valence-electron chi connectivity index (χ1n) is 7.06. The van der Waals surface area contributed by atoms with E-state index >= 15 is 0 Å². The Morgan fingerprint density at radius 3 is 2.43 bits per heavy atom. The molecule has 1 unspecified atom stereocenters.